The molecule has 1 N–H and O–H groups in total. The van der Waals surface area contributed by atoms with E-state index in [0.717, 1.165) is 18.4 Å². The number of hydrogen-bond donors (Lipinski definition) is 1. The van der Waals surface area contributed by atoms with Crippen molar-refractivity contribution in [2.45, 2.75) is 45.6 Å². The van der Waals surface area contributed by atoms with Crippen LogP contribution in [-0.4, -0.2) is 42.1 Å². The molecule has 140 valence electrons. The van der Waals surface area contributed by atoms with Crippen molar-refractivity contribution >= 4 is 12.0 Å². The third-order valence-electron chi connectivity index (χ3n) is 4.32. The minimum Gasteiger partial charge on any atom is -0.444 e. The molecule has 6 heteroatoms. The van der Waals surface area contributed by atoms with Crippen molar-refractivity contribution in [1.29, 1.82) is 5.26 Å². The number of alkyl carbamates (subject to hydrolysis) is 1. The van der Waals surface area contributed by atoms with Gasteiger partial charge in [-0.25, -0.2) is 4.79 Å². The highest BCUT2D eigenvalue weighted by molar-refractivity contribution is 5.94. The number of nitrogens with one attached hydrogen (secondary N) is 1. The average molecular weight is 357 g/mol. The molecule has 1 aromatic rings. The van der Waals surface area contributed by atoms with Crippen LogP contribution in [0.4, 0.5) is 4.79 Å². The van der Waals surface area contributed by atoms with Gasteiger partial charge < -0.3 is 15.0 Å². The maximum Gasteiger partial charge on any atom is 0.407 e. The number of nitrogens with zero attached hydrogens (tertiary/aromatic N) is 2. The van der Waals surface area contributed by atoms with Crippen molar-refractivity contribution in [2.24, 2.45) is 5.92 Å². The Kier molecular flexibility index (Phi) is 6.62. The van der Waals surface area contributed by atoms with Gasteiger partial charge in [-0.3, -0.25) is 4.79 Å². The topological polar surface area (TPSA) is 82.4 Å². The van der Waals surface area contributed by atoms with Crippen LogP contribution in [0.2, 0.25) is 0 Å². The number of carbonyl (C=O) groups excluding carboxylic acids is 2. The van der Waals surface area contributed by atoms with Crippen LogP contribution < -0.4 is 5.32 Å². The SMILES string of the molecule is CC(C)(C)OC(=O)NCC1CCN(C(=O)c2ccc(CC#N)cc2)CC1. The van der Waals surface area contributed by atoms with Crippen molar-refractivity contribution in [3.63, 3.8) is 0 Å². The van der Waals surface area contributed by atoms with Crippen molar-refractivity contribution < 1.29 is 14.3 Å². The zero-order chi connectivity index (χ0) is 19.2. The Morgan fingerprint density at radius 3 is 2.38 bits per heavy atom. The van der Waals surface area contributed by atoms with Gasteiger partial charge in [0, 0.05) is 25.2 Å². The predicted octanol–water partition coefficient (Wildman–Crippen LogP) is 3.13. The first kappa shape index (κ1) is 19.8. The van der Waals surface area contributed by atoms with E-state index in [4.69, 9.17) is 10.00 Å². The number of nitriles is 1. The second kappa shape index (κ2) is 8.70. The quantitative estimate of drug-likeness (QED) is 0.897. The van der Waals surface area contributed by atoms with Crippen LogP contribution in [0.5, 0.6) is 0 Å². The molecule has 0 spiro atoms. The Morgan fingerprint density at radius 2 is 1.85 bits per heavy atom. The predicted molar refractivity (Wildman–Crippen MR) is 98.6 cm³/mol. The van der Waals surface area contributed by atoms with Gasteiger partial charge in [0.25, 0.3) is 5.91 Å². The molecule has 0 saturated carbocycles. The Bertz CT molecular complexity index is 663. The number of benzene rings is 1. The minimum absolute atomic E-state index is 0.0204. The van der Waals surface area contributed by atoms with Gasteiger partial charge >= 0.3 is 6.09 Å². The molecular formula is C20H27N3O3. The number of piperidine rings is 1. The van der Waals surface area contributed by atoms with E-state index < -0.39 is 11.7 Å². The van der Waals surface area contributed by atoms with Gasteiger partial charge in [-0.15, -0.1) is 0 Å². The molecule has 0 radical (unpaired) electrons. The van der Waals surface area contributed by atoms with Gasteiger partial charge in [0.05, 0.1) is 12.5 Å². The number of carbonyl (C=O) groups is 2. The molecule has 1 aliphatic rings. The maximum absolute atomic E-state index is 12.6. The molecule has 1 fully saturated rings. The lowest BCUT2D eigenvalue weighted by Crippen LogP contribution is -2.42. The molecule has 0 aromatic heterocycles. The number of rotatable bonds is 4. The van der Waals surface area contributed by atoms with Crippen LogP contribution in [0.15, 0.2) is 24.3 Å². The van der Waals surface area contributed by atoms with Crippen LogP contribution in [0, 0.1) is 17.2 Å². The summed E-state index contributed by atoms with van der Waals surface area (Å²) in [6, 6.07) is 9.32. The number of amides is 2. The summed E-state index contributed by atoms with van der Waals surface area (Å²) < 4.78 is 5.24. The highest BCUT2D eigenvalue weighted by Gasteiger charge is 2.24. The van der Waals surface area contributed by atoms with Gasteiger partial charge in [-0.1, -0.05) is 12.1 Å². The first-order valence-electron chi connectivity index (χ1n) is 9.00. The second-order valence-electron chi connectivity index (χ2n) is 7.65. The van der Waals surface area contributed by atoms with Crippen molar-refractivity contribution in [3.8, 4) is 6.07 Å². The molecule has 2 rings (SSSR count). The van der Waals surface area contributed by atoms with Crippen LogP contribution >= 0.6 is 0 Å². The Hall–Kier alpha value is -2.55. The molecule has 26 heavy (non-hydrogen) atoms. The summed E-state index contributed by atoms with van der Waals surface area (Å²) in [5.41, 5.74) is 1.07. The smallest absolute Gasteiger partial charge is 0.407 e. The van der Waals surface area contributed by atoms with Gasteiger partial charge in [-0.05, 0) is 57.2 Å². The van der Waals surface area contributed by atoms with E-state index in [1.54, 1.807) is 12.1 Å². The number of hydrogen-bond acceptors (Lipinski definition) is 4. The van der Waals surface area contributed by atoms with Crippen molar-refractivity contribution in [2.75, 3.05) is 19.6 Å². The first-order chi connectivity index (χ1) is 12.3. The summed E-state index contributed by atoms with van der Waals surface area (Å²) in [5.74, 6) is 0.372. The van der Waals surface area contributed by atoms with Crippen LogP contribution in [0.1, 0.15) is 49.5 Å². The first-order valence-corrected chi connectivity index (χ1v) is 9.00. The van der Waals surface area contributed by atoms with Crippen molar-refractivity contribution in [1.82, 2.24) is 10.2 Å². The summed E-state index contributed by atoms with van der Waals surface area (Å²) in [6.45, 7) is 7.44. The van der Waals surface area contributed by atoms with Crippen LogP contribution in [0.3, 0.4) is 0 Å². The largest absolute Gasteiger partial charge is 0.444 e. The molecule has 1 heterocycles. The molecule has 0 unspecified atom stereocenters. The van der Waals surface area contributed by atoms with E-state index in [1.165, 1.54) is 0 Å². The lowest BCUT2D eigenvalue weighted by atomic mass is 9.96. The van der Waals surface area contributed by atoms with Gasteiger partial charge in [0.2, 0.25) is 0 Å². The Labute approximate surface area is 155 Å². The monoisotopic (exact) mass is 357 g/mol. The lowest BCUT2D eigenvalue weighted by molar-refractivity contribution is 0.0500. The summed E-state index contributed by atoms with van der Waals surface area (Å²) >= 11 is 0. The number of likely N-dealkylation sites (tertiary alicyclic amines) is 1. The zero-order valence-electron chi connectivity index (χ0n) is 15.7. The molecule has 6 nitrogen and oxygen atoms in total. The third kappa shape index (κ3) is 6.07. The molecule has 1 aromatic carbocycles. The second-order valence-corrected chi connectivity index (χ2v) is 7.65. The Balaban J connectivity index is 1.78. The van der Waals surface area contributed by atoms with E-state index in [9.17, 15) is 9.59 Å². The molecule has 2 amide bonds. The van der Waals surface area contributed by atoms with E-state index >= 15 is 0 Å². The molecule has 0 aliphatic carbocycles. The fraction of sp³-hybridized carbons (Fsp3) is 0.550. The van der Waals surface area contributed by atoms with Gasteiger partial charge in [-0.2, -0.15) is 5.26 Å². The highest BCUT2D eigenvalue weighted by atomic mass is 16.6. The lowest BCUT2D eigenvalue weighted by Gasteiger charge is -2.32. The van der Waals surface area contributed by atoms with E-state index in [-0.39, 0.29) is 5.91 Å². The number of ether oxygens (including phenoxy) is 1. The fourth-order valence-corrected chi connectivity index (χ4v) is 2.92. The minimum atomic E-state index is -0.497. The van der Waals surface area contributed by atoms with E-state index in [0.29, 0.717) is 37.5 Å². The standard InChI is InChI=1S/C20H27N3O3/c1-20(2,3)26-19(25)22-14-16-9-12-23(13-10-16)18(24)17-6-4-15(5-7-17)8-11-21/h4-7,16H,8-10,12-14H2,1-3H3,(H,22,25). The maximum atomic E-state index is 12.6. The molecule has 0 atom stereocenters. The van der Waals surface area contributed by atoms with Crippen LogP contribution in [-0.2, 0) is 11.2 Å². The zero-order valence-corrected chi connectivity index (χ0v) is 15.7. The highest BCUT2D eigenvalue weighted by Crippen LogP contribution is 2.19. The third-order valence-corrected chi connectivity index (χ3v) is 4.32. The molecular weight excluding hydrogens is 330 g/mol. The molecule has 1 saturated heterocycles. The fourth-order valence-electron chi connectivity index (χ4n) is 2.92. The van der Waals surface area contributed by atoms with E-state index in [2.05, 4.69) is 11.4 Å². The average Bonchev–Trinajstić information content (AvgIpc) is 2.59. The normalized spacial score (nSPS) is 15.2. The summed E-state index contributed by atoms with van der Waals surface area (Å²) in [5, 5.41) is 11.5. The van der Waals surface area contributed by atoms with Gasteiger partial charge in [0.1, 0.15) is 5.60 Å². The van der Waals surface area contributed by atoms with E-state index in [1.807, 2.05) is 37.8 Å². The van der Waals surface area contributed by atoms with Gasteiger partial charge in [0.15, 0.2) is 0 Å². The molecule has 1 aliphatic heterocycles. The van der Waals surface area contributed by atoms with Crippen molar-refractivity contribution in [3.05, 3.63) is 35.4 Å². The summed E-state index contributed by atoms with van der Waals surface area (Å²) in [7, 11) is 0. The summed E-state index contributed by atoms with van der Waals surface area (Å²) in [6.07, 6.45) is 1.67. The Morgan fingerprint density at radius 1 is 1.23 bits per heavy atom. The summed E-state index contributed by atoms with van der Waals surface area (Å²) in [4.78, 5) is 26.1. The van der Waals surface area contributed by atoms with Crippen LogP contribution in [0.25, 0.3) is 0 Å². The molecule has 0 bridgehead atoms.